The Morgan fingerprint density at radius 3 is 2.72 bits per heavy atom. The van der Waals surface area contributed by atoms with Crippen LogP contribution in [0.1, 0.15) is 17.4 Å². The molecule has 4 nitrogen and oxygen atoms in total. The third-order valence-corrected chi connectivity index (χ3v) is 2.68. The van der Waals surface area contributed by atoms with Gasteiger partial charge in [0, 0.05) is 12.1 Å². The predicted molar refractivity (Wildman–Crippen MR) is 65.2 cm³/mol. The lowest BCUT2D eigenvalue weighted by Gasteiger charge is -2.03. The molecule has 2 rings (SSSR count). The van der Waals surface area contributed by atoms with Gasteiger partial charge in [-0.2, -0.15) is 5.10 Å². The van der Waals surface area contributed by atoms with Crippen LogP contribution in [0.5, 0.6) is 5.75 Å². The molecule has 2 aromatic rings. The standard InChI is InChI=1S/C13H13FN2O2/c1-3-16-10(8-17)7-12(15-16)9-4-5-13(18-2)11(14)6-9/h4-8H,3H2,1-2H3. The van der Waals surface area contributed by atoms with E-state index >= 15 is 0 Å². The highest BCUT2D eigenvalue weighted by atomic mass is 19.1. The number of aromatic nitrogens is 2. The maximum Gasteiger partial charge on any atom is 0.168 e. The van der Waals surface area contributed by atoms with E-state index in [9.17, 15) is 9.18 Å². The van der Waals surface area contributed by atoms with Crippen molar-refractivity contribution in [3.05, 3.63) is 35.8 Å². The Bertz CT molecular complexity index is 578. The normalized spacial score (nSPS) is 10.4. The van der Waals surface area contributed by atoms with Gasteiger partial charge in [-0.15, -0.1) is 0 Å². The van der Waals surface area contributed by atoms with Gasteiger partial charge in [-0.25, -0.2) is 4.39 Å². The number of carbonyl (C=O) groups is 1. The molecule has 0 bridgehead atoms. The summed E-state index contributed by atoms with van der Waals surface area (Å²) in [6.07, 6.45) is 0.736. The van der Waals surface area contributed by atoms with Crippen LogP contribution in [0.4, 0.5) is 4.39 Å². The lowest BCUT2D eigenvalue weighted by atomic mass is 10.1. The van der Waals surface area contributed by atoms with Gasteiger partial charge in [0.2, 0.25) is 0 Å². The van der Waals surface area contributed by atoms with E-state index < -0.39 is 5.82 Å². The van der Waals surface area contributed by atoms with Crippen molar-refractivity contribution in [2.75, 3.05) is 7.11 Å². The van der Waals surface area contributed by atoms with Gasteiger partial charge in [0.25, 0.3) is 0 Å². The summed E-state index contributed by atoms with van der Waals surface area (Å²) in [5, 5.41) is 4.24. The fourth-order valence-corrected chi connectivity index (χ4v) is 1.75. The first-order chi connectivity index (χ1) is 8.69. The van der Waals surface area contributed by atoms with Gasteiger partial charge in [0.15, 0.2) is 17.9 Å². The number of aryl methyl sites for hydroxylation is 1. The van der Waals surface area contributed by atoms with Crippen LogP contribution in [-0.2, 0) is 6.54 Å². The van der Waals surface area contributed by atoms with Crippen molar-refractivity contribution < 1.29 is 13.9 Å². The van der Waals surface area contributed by atoms with E-state index in [0.29, 0.717) is 23.5 Å². The largest absolute Gasteiger partial charge is 0.494 e. The van der Waals surface area contributed by atoms with Gasteiger partial charge in [-0.1, -0.05) is 0 Å². The second kappa shape index (κ2) is 5.00. The molecule has 5 heteroatoms. The molecule has 0 aliphatic rings. The Morgan fingerprint density at radius 2 is 2.22 bits per heavy atom. The number of hydrogen-bond donors (Lipinski definition) is 0. The topological polar surface area (TPSA) is 44.1 Å². The van der Waals surface area contributed by atoms with E-state index in [0.717, 1.165) is 6.29 Å². The molecule has 0 saturated heterocycles. The first kappa shape index (κ1) is 12.3. The lowest BCUT2D eigenvalue weighted by Crippen LogP contribution is -2.01. The maximum absolute atomic E-state index is 13.6. The summed E-state index contributed by atoms with van der Waals surface area (Å²) in [5.74, 6) is -0.266. The Balaban J connectivity index is 2.45. The minimum Gasteiger partial charge on any atom is -0.494 e. The summed E-state index contributed by atoms with van der Waals surface area (Å²) in [7, 11) is 1.41. The molecule has 1 heterocycles. The number of halogens is 1. The van der Waals surface area contributed by atoms with Crippen LogP contribution < -0.4 is 4.74 Å². The molecule has 18 heavy (non-hydrogen) atoms. The summed E-state index contributed by atoms with van der Waals surface area (Å²) in [6.45, 7) is 2.48. The van der Waals surface area contributed by atoms with E-state index in [2.05, 4.69) is 5.10 Å². The molecule has 94 valence electrons. The van der Waals surface area contributed by atoms with Crippen molar-refractivity contribution in [3.63, 3.8) is 0 Å². The summed E-state index contributed by atoms with van der Waals surface area (Å²) in [5.41, 5.74) is 1.66. The molecule has 0 aliphatic heterocycles. The second-order valence-electron chi connectivity index (χ2n) is 3.74. The number of methoxy groups -OCH3 is 1. The predicted octanol–water partition coefficient (Wildman–Crippen LogP) is 2.53. The van der Waals surface area contributed by atoms with Crippen molar-refractivity contribution in [3.8, 4) is 17.0 Å². The molecular formula is C13H13FN2O2. The molecule has 0 saturated carbocycles. The summed E-state index contributed by atoms with van der Waals surface area (Å²) in [6, 6.07) is 6.22. The van der Waals surface area contributed by atoms with Crippen molar-refractivity contribution in [1.82, 2.24) is 9.78 Å². The highest BCUT2D eigenvalue weighted by molar-refractivity contribution is 5.76. The molecule has 1 aromatic heterocycles. The first-order valence-electron chi connectivity index (χ1n) is 5.56. The second-order valence-corrected chi connectivity index (χ2v) is 3.74. The van der Waals surface area contributed by atoms with Crippen LogP contribution in [0, 0.1) is 5.82 Å². The molecule has 0 atom stereocenters. The zero-order valence-electron chi connectivity index (χ0n) is 10.2. The van der Waals surface area contributed by atoms with Gasteiger partial charge >= 0.3 is 0 Å². The van der Waals surface area contributed by atoms with E-state index in [1.54, 1.807) is 16.8 Å². The highest BCUT2D eigenvalue weighted by Gasteiger charge is 2.10. The van der Waals surface area contributed by atoms with Gasteiger partial charge in [-0.3, -0.25) is 9.48 Å². The van der Waals surface area contributed by atoms with E-state index in [1.807, 2.05) is 6.92 Å². The quantitative estimate of drug-likeness (QED) is 0.781. The van der Waals surface area contributed by atoms with Gasteiger partial charge < -0.3 is 4.74 Å². The Labute approximate surface area is 104 Å². The van der Waals surface area contributed by atoms with Crippen molar-refractivity contribution in [2.45, 2.75) is 13.5 Å². The molecule has 0 radical (unpaired) electrons. The highest BCUT2D eigenvalue weighted by Crippen LogP contribution is 2.25. The number of rotatable bonds is 4. The lowest BCUT2D eigenvalue weighted by molar-refractivity contribution is 0.111. The van der Waals surface area contributed by atoms with E-state index in [-0.39, 0.29) is 5.75 Å². The number of hydrogen-bond acceptors (Lipinski definition) is 3. The molecule has 0 spiro atoms. The molecule has 0 aliphatic carbocycles. The average molecular weight is 248 g/mol. The van der Waals surface area contributed by atoms with Crippen molar-refractivity contribution in [2.24, 2.45) is 0 Å². The first-order valence-corrected chi connectivity index (χ1v) is 5.56. The monoisotopic (exact) mass is 248 g/mol. The summed E-state index contributed by atoms with van der Waals surface area (Å²) in [4.78, 5) is 10.8. The van der Waals surface area contributed by atoms with Crippen molar-refractivity contribution in [1.29, 1.82) is 0 Å². The smallest absolute Gasteiger partial charge is 0.168 e. The zero-order chi connectivity index (χ0) is 13.1. The van der Waals surface area contributed by atoms with Crippen LogP contribution in [0.2, 0.25) is 0 Å². The fourth-order valence-electron chi connectivity index (χ4n) is 1.75. The number of benzene rings is 1. The Hall–Kier alpha value is -2.17. The van der Waals surface area contributed by atoms with E-state index in [4.69, 9.17) is 4.74 Å². The average Bonchev–Trinajstić information content (AvgIpc) is 2.81. The fraction of sp³-hybridized carbons (Fsp3) is 0.231. The maximum atomic E-state index is 13.6. The SMILES string of the molecule is CCn1nc(-c2ccc(OC)c(F)c2)cc1C=O. The van der Waals surface area contributed by atoms with Crippen molar-refractivity contribution >= 4 is 6.29 Å². The number of nitrogens with zero attached hydrogens (tertiary/aromatic N) is 2. The van der Waals surface area contributed by atoms with Crippen LogP contribution in [0.25, 0.3) is 11.3 Å². The third-order valence-electron chi connectivity index (χ3n) is 2.68. The third kappa shape index (κ3) is 2.11. The minimum absolute atomic E-state index is 0.185. The number of aldehydes is 1. The number of ether oxygens (including phenoxy) is 1. The summed E-state index contributed by atoms with van der Waals surface area (Å²) < 4.78 is 20.0. The zero-order valence-corrected chi connectivity index (χ0v) is 10.2. The molecule has 0 fully saturated rings. The Kier molecular flexibility index (Phi) is 3.41. The molecule has 0 N–H and O–H groups in total. The number of carbonyl (C=O) groups excluding carboxylic acids is 1. The van der Waals surface area contributed by atoms with Crippen LogP contribution in [0.15, 0.2) is 24.3 Å². The van der Waals surface area contributed by atoms with Crippen LogP contribution >= 0.6 is 0 Å². The Morgan fingerprint density at radius 1 is 1.44 bits per heavy atom. The van der Waals surface area contributed by atoms with Gasteiger partial charge in [-0.05, 0) is 31.2 Å². The van der Waals surface area contributed by atoms with E-state index in [1.165, 1.54) is 19.2 Å². The molecule has 0 amide bonds. The molecule has 1 aromatic carbocycles. The molecule has 0 unspecified atom stereocenters. The van der Waals surface area contributed by atoms with Gasteiger partial charge in [0.1, 0.15) is 5.69 Å². The summed E-state index contributed by atoms with van der Waals surface area (Å²) >= 11 is 0. The van der Waals surface area contributed by atoms with Crippen LogP contribution in [0.3, 0.4) is 0 Å². The minimum atomic E-state index is -0.450. The van der Waals surface area contributed by atoms with Crippen LogP contribution in [-0.4, -0.2) is 23.2 Å². The molecular weight excluding hydrogens is 235 g/mol. The van der Waals surface area contributed by atoms with Gasteiger partial charge in [0.05, 0.1) is 12.8 Å².